The van der Waals surface area contributed by atoms with E-state index in [1.165, 1.54) is 12.0 Å². The van der Waals surface area contributed by atoms with E-state index < -0.39 is 5.97 Å². The van der Waals surface area contributed by atoms with Gasteiger partial charge in [-0.3, -0.25) is 14.7 Å². The first-order chi connectivity index (χ1) is 9.17. The fourth-order valence-electron chi connectivity index (χ4n) is 1.82. The number of carbonyl (C=O) groups excluding carboxylic acids is 2. The molecular weight excluding hydrogens is 246 g/mol. The van der Waals surface area contributed by atoms with E-state index in [0.29, 0.717) is 12.2 Å². The number of likely N-dealkylation sites (N-methyl/N-ethyl adjacent to an activating group) is 1. The molecule has 0 atom stereocenters. The maximum Gasteiger partial charge on any atom is 0.325 e. The Hall–Kier alpha value is -2.37. The summed E-state index contributed by atoms with van der Waals surface area (Å²) in [6.45, 7) is 2.14. The average Bonchev–Trinajstić information content (AvgIpc) is 2.87. The van der Waals surface area contributed by atoms with Gasteiger partial charge in [-0.05, 0) is 13.0 Å². The lowest BCUT2D eigenvalue weighted by atomic mass is 10.2. The van der Waals surface area contributed by atoms with E-state index in [1.807, 2.05) is 24.3 Å². The number of hydrogen-bond acceptors (Lipinski definition) is 4. The number of para-hydroxylation sites is 1. The SMILES string of the molecule is CCN(CC(=O)OC)C(=O)c1n[nH]c2ccccc12. The molecular formula is C13H15N3O3. The third-order valence-corrected chi connectivity index (χ3v) is 2.89. The molecule has 1 amide bonds. The van der Waals surface area contributed by atoms with Crippen molar-refractivity contribution in [2.24, 2.45) is 0 Å². The Labute approximate surface area is 110 Å². The normalized spacial score (nSPS) is 10.4. The van der Waals surface area contributed by atoms with Crippen LogP contribution in [0, 0.1) is 0 Å². The van der Waals surface area contributed by atoms with E-state index in [-0.39, 0.29) is 12.5 Å². The van der Waals surface area contributed by atoms with Crippen LogP contribution in [0.2, 0.25) is 0 Å². The number of amides is 1. The Balaban J connectivity index is 2.29. The van der Waals surface area contributed by atoms with Crippen LogP contribution in [-0.4, -0.2) is 47.2 Å². The van der Waals surface area contributed by atoms with Gasteiger partial charge in [0, 0.05) is 11.9 Å². The molecule has 0 radical (unpaired) electrons. The highest BCUT2D eigenvalue weighted by Gasteiger charge is 2.21. The molecule has 0 saturated heterocycles. The van der Waals surface area contributed by atoms with Crippen molar-refractivity contribution < 1.29 is 14.3 Å². The zero-order valence-electron chi connectivity index (χ0n) is 10.8. The summed E-state index contributed by atoms with van der Waals surface area (Å²) in [7, 11) is 1.30. The van der Waals surface area contributed by atoms with E-state index in [9.17, 15) is 9.59 Å². The molecule has 0 aliphatic carbocycles. The topological polar surface area (TPSA) is 75.3 Å². The first-order valence-corrected chi connectivity index (χ1v) is 5.96. The molecule has 0 unspecified atom stereocenters. The Morgan fingerprint density at radius 3 is 2.79 bits per heavy atom. The molecule has 0 bridgehead atoms. The molecule has 1 aromatic heterocycles. The maximum atomic E-state index is 12.3. The quantitative estimate of drug-likeness (QED) is 0.839. The van der Waals surface area contributed by atoms with Gasteiger partial charge in [0.05, 0.1) is 12.6 Å². The Kier molecular flexibility index (Phi) is 3.79. The number of fused-ring (bicyclic) bond motifs is 1. The largest absolute Gasteiger partial charge is 0.468 e. The van der Waals surface area contributed by atoms with E-state index in [1.54, 1.807) is 6.92 Å². The second-order valence-corrected chi connectivity index (χ2v) is 4.01. The lowest BCUT2D eigenvalue weighted by Crippen LogP contribution is -2.36. The summed E-state index contributed by atoms with van der Waals surface area (Å²) in [5.74, 6) is -0.736. The molecule has 0 aliphatic rings. The van der Waals surface area contributed by atoms with Crippen LogP contribution < -0.4 is 0 Å². The smallest absolute Gasteiger partial charge is 0.325 e. The summed E-state index contributed by atoms with van der Waals surface area (Å²) in [6, 6.07) is 7.36. The highest BCUT2D eigenvalue weighted by molar-refractivity contribution is 6.05. The van der Waals surface area contributed by atoms with Gasteiger partial charge in [-0.2, -0.15) is 5.10 Å². The number of nitrogens with zero attached hydrogens (tertiary/aromatic N) is 2. The van der Waals surface area contributed by atoms with E-state index in [4.69, 9.17) is 0 Å². The molecule has 0 spiro atoms. The lowest BCUT2D eigenvalue weighted by molar-refractivity contribution is -0.141. The van der Waals surface area contributed by atoms with Crippen molar-refractivity contribution in [2.75, 3.05) is 20.2 Å². The molecule has 1 N–H and O–H groups in total. The molecule has 1 aromatic carbocycles. The van der Waals surface area contributed by atoms with Crippen molar-refractivity contribution in [3.05, 3.63) is 30.0 Å². The summed E-state index contributed by atoms with van der Waals surface area (Å²) >= 11 is 0. The zero-order valence-corrected chi connectivity index (χ0v) is 10.8. The molecule has 6 heteroatoms. The van der Waals surface area contributed by atoms with Crippen LogP contribution in [0.25, 0.3) is 10.9 Å². The van der Waals surface area contributed by atoms with Crippen LogP contribution in [0.3, 0.4) is 0 Å². The van der Waals surface area contributed by atoms with Crippen LogP contribution in [0.4, 0.5) is 0 Å². The summed E-state index contributed by atoms with van der Waals surface area (Å²) in [4.78, 5) is 25.0. The number of carbonyl (C=O) groups is 2. The first kappa shape index (κ1) is 13.1. The van der Waals surface area contributed by atoms with Gasteiger partial charge in [-0.25, -0.2) is 0 Å². The molecule has 6 nitrogen and oxygen atoms in total. The number of hydrogen-bond donors (Lipinski definition) is 1. The summed E-state index contributed by atoms with van der Waals surface area (Å²) in [5, 5.41) is 7.58. The summed E-state index contributed by atoms with van der Waals surface area (Å²) in [5.41, 5.74) is 1.11. The number of rotatable bonds is 4. The van der Waals surface area contributed by atoms with Gasteiger partial charge >= 0.3 is 5.97 Å². The minimum absolute atomic E-state index is 0.0764. The Morgan fingerprint density at radius 1 is 1.37 bits per heavy atom. The van der Waals surface area contributed by atoms with Gasteiger partial charge in [-0.1, -0.05) is 18.2 Å². The summed E-state index contributed by atoms with van der Waals surface area (Å²) in [6.07, 6.45) is 0. The number of nitrogens with one attached hydrogen (secondary N) is 1. The number of ether oxygens (including phenoxy) is 1. The first-order valence-electron chi connectivity index (χ1n) is 5.96. The second kappa shape index (κ2) is 5.51. The molecule has 0 aliphatic heterocycles. The van der Waals surface area contributed by atoms with Gasteiger partial charge < -0.3 is 9.64 Å². The minimum atomic E-state index is -0.449. The fourth-order valence-corrected chi connectivity index (χ4v) is 1.82. The molecule has 0 fully saturated rings. The standard InChI is InChI=1S/C13H15N3O3/c1-3-16(8-11(17)19-2)13(18)12-9-6-4-5-7-10(9)14-15-12/h4-7H,3,8H2,1-2H3,(H,14,15). The van der Waals surface area contributed by atoms with Crippen LogP contribution >= 0.6 is 0 Å². The van der Waals surface area contributed by atoms with Crippen molar-refractivity contribution in [2.45, 2.75) is 6.92 Å². The molecule has 0 saturated carbocycles. The van der Waals surface area contributed by atoms with Gasteiger partial charge in [0.25, 0.3) is 5.91 Å². The van der Waals surface area contributed by atoms with E-state index in [0.717, 1.165) is 10.9 Å². The van der Waals surface area contributed by atoms with Crippen molar-refractivity contribution in [1.29, 1.82) is 0 Å². The number of methoxy groups -OCH3 is 1. The van der Waals surface area contributed by atoms with Crippen molar-refractivity contribution >= 4 is 22.8 Å². The van der Waals surface area contributed by atoms with Crippen molar-refractivity contribution in [3.8, 4) is 0 Å². The fraction of sp³-hybridized carbons (Fsp3) is 0.308. The molecule has 100 valence electrons. The Bertz CT molecular complexity index is 606. The van der Waals surface area contributed by atoms with Gasteiger partial charge in [0.15, 0.2) is 5.69 Å². The average molecular weight is 261 g/mol. The van der Waals surface area contributed by atoms with Gasteiger partial charge in [0.1, 0.15) is 6.54 Å². The van der Waals surface area contributed by atoms with Gasteiger partial charge in [0.2, 0.25) is 0 Å². The van der Waals surface area contributed by atoms with Crippen molar-refractivity contribution in [3.63, 3.8) is 0 Å². The summed E-state index contributed by atoms with van der Waals surface area (Å²) < 4.78 is 4.58. The number of esters is 1. The second-order valence-electron chi connectivity index (χ2n) is 4.01. The predicted molar refractivity (Wildman–Crippen MR) is 69.7 cm³/mol. The third-order valence-electron chi connectivity index (χ3n) is 2.89. The minimum Gasteiger partial charge on any atom is -0.468 e. The third kappa shape index (κ3) is 2.57. The van der Waals surface area contributed by atoms with E-state index in [2.05, 4.69) is 14.9 Å². The molecule has 2 aromatic rings. The molecule has 1 heterocycles. The monoisotopic (exact) mass is 261 g/mol. The number of aromatic nitrogens is 2. The van der Waals surface area contributed by atoms with Crippen LogP contribution in [-0.2, 0) is 9.53 Å². The number of aromatic amines is 1. The van der Waals surface area contributed by atoms with Crippen LogP contribution in [0.1, 0.15) is 17.4 Å². The highest BCUT2D eigenvalue weighted by atomic mass is 16.5. The molecule has 19 heavy (non-hydrogen) atoms. The maximum absolute atomic E-state index is 12.3. The lowest BCUT2D eigenvalue weighted by Gasteiger charge is -2.18. The van der Waals surface area contributed by atoms with Crippen LogP contribution in [0.5, 0.6) is 0 Å². The van der Waals surface area contributed by atoms with Crippen LogP contribution in [0.15, 0.2) is 24.3 Å². The number of benzene rings is 1. The predicted octanol–water partition coefficient (Wildman–Crippen LogP) is 1.20. The zero-order chi connectivity index (χ0) is 13.8. The van der Waals surface area contributed by atoms with E-state index >= 15 is 0 Å². The Morgan fingerprint density at radius 2 is 2.11 bits per heavy atom. The number of H-pyrrole nitrogens is 1. The molecule has 2 rings (SSSR count). The van der Waals surface area contributed by atoms with Crippen molar-refractivity contribution in [1.82, 2.24) is 15.1 Å². The van der Waals surface area contributed by atoms with Gasteiger partial charge in [-0.15, -0.1) is 0 Å². The highest BCUT2D eigenvalue weighted by Crippen LogP contribution is 2.16.